The minimum Gasteiger partial charge on any atom is -0.382 e. The molecule has 0 aromatic heterocycles. The molecule has 2 atom stereocenters. The Morgan fingerprint density at radius 1 is 1.62 bits per heavy atom. The highest BCUT2D eigenvalue weighted by molar-refractivity contribution is 5.80. The Hall–Kier alpha value is -0.820. The zero-order valence-corrected chi connectivity index (χ0v) is 6.93. The van der Waals surface area contributed by atoms with Crippen molar-refractivity contribution in [2.45, 2.75) is 25.2 Å². The van der Waals surface area contributed by atoms with Crippen molar-refractivity contribution >= 4 is 5.91 Å². The summed E-state index contributed by atoms with van der Waals surface area (Å²) in [4.78, 5) is 10.7. The fourth-order valence-corrected chi connectivity index (χ4v) is 0.474. The predicted molar refractivity (Wildman–Crippen MR) is 38.7 cm³/mol. The van der Waals surface area contributed by atoms with E-state index < -0.39 is 30.8 Å². The molecular weight excluding hydrogens is 189 g/mol. The molecule has 0 saturated carbocycles. The van der Waals surface area contributed by atoms with Crippen LogP contribution < -0.4 is 11.1 Å². The molecule has 0 radical (unpaired) electrons. The first-order valence-corrected chi connectivity index (χ1v) is 3.53. The van der Waals surface area contributed by atoms with Gasteiger partial charge in [0.1, 0.15) is 0 Å². The lowest BCUT2D eigenvalue weighted by atomic mass is 10.3. The topological polar surface area (TPSA) is 75.4 Å². The number of rotatable bonds is 3. The molecule has 7 heteroatoms. The summed E-state index contributed by atoms with van der Waals surface area (Å²) >= 11 is 0. The summed E-state index contributed by atoms with van der Waals surface area (Å²) in [7, 11) is 0. The van der Waals surface area contributed by atoms with Crippen molar-refractivity contribution in [2.75, 3.05) is 6.54 Å². The molecule has 0 aliphatic heterocycles. The molecule has 0 saturated heterocycles. The molecule has 78 valence electrons. The second-order valence-corrected chi connectivity index (χ2v) is 2.59. The number of hydrogen-bond donors (Lipinski definition) is 3. The maximum Gasteiger partial charge on any atom is 0.416 e. The van der Waals surface area contributed by atoms with Gasteiger partial charge in [-0.25, -0.2) is 0 Å². The van der Waals surface area contributed by atoms with Crippen LogP contribution in [0.2, 0.25) is 0 Å². The summed E-state index contributed by atoms with van der Waals surface area (Å²) in [6.07, 6.45) is -7.26. The standard InChI is InChI=1S/C6H11F3N2O2/c1-3(10)5(13)11-2-4(12)6(7,8)9/h3-4,12H,2,10H2,1H3,(H,11,13)/t3-,4?/m0/s1. The van der Waals surface area contributed by atoms with E-state index in [9.17, 15) is 18.0 Å². The van der Waals surface area contributed by atoms with Crippen LogP contribution in [0.4, 0.5) is 13.2 Å². The molecule has 0 aliphatic carbocycles. The van der Waals surface area contributed by atoms with Crippen molar-refractivity contribution in [2.24, 2.45) is 5.73 Å². The zero-order valence-electron chi connectivity index (χ0n) is 6.93. The highest BCUT2D eigenvalue weighted by atomic mass is 19.4. The molecule has 0 rings (SSSR count). The van der Waals surface area contributed by atoms with E-state index in [1.807, 2.05) is 5.32 Å². The Labute approximate surface area is 72.9 Å². The summed E-state index contributed by atoms with van der Waals surface area (Å²) in [6, 6.07) is -0.888. The highest BCUT2D eigenvalue weighted by Crippen LogP contribution is 2.18. The predicted octanol–water partition coefficient (Wildman–Crippen LogP) is -0.627. The van der Waals surface area contributed by atoms with Gasteiger partial charge >= 0.3 is 6.18 Å². The second-order valence-electron chi connectivity index (χ2n) is 2.59. The third-order valence-corrected chi connectivity index (χ3v) is 1.26. The number of aliphatic hydroxyl groups is 1. The van der Waals surface area contributed by atoms with Crippen LogP contribution in [0.15, 0.2) is 0 Å². The van der Waals surface area contributed by atoms with E-state index in [-0.39, 0.29) is 0 Å². The average Bonchev–Trinajstić information content (AvgIpc) is 1.97. The summed E-state index contributed by atoms with van der Waals surface area (Å²) in [5, 5.41) is 10.3. The van der Waals surface area contributed by atoms with Gasteiger partial charge in [0, 0.05) is 0 Å². The SMILES string of the molecule is C[C@H](N)C(=O)NCC(O)C(F)(F)F. The molecule has 0 heterocycles. The van der Waals surface area contributed by atoms with Crippen LogP contribution >= 0.6 is 0 Å². The average molecular weight is 200 g/mol. The Morgan fingerprint density at radius 3 is 2.38 bits per heavy atom. The van der Waals surface area contributed by atoms with Crippen molar-refractivity contribution in [3.05, 3.63) is 0 Å². The summed E-state index contributed by atoms with van der Waals surface area (Å²) in [5.41, 5.74) is 5.06. The van der Waals surface area contributed by atoms with Crippen molar-refractivity contribution < 1.29 is 23.1 Å². The quantitative estimate of drug-likeness (QED) is 0.568. The maximum absolute atomic E-state index is 11.7. The molecule has 1 unspecified atom stereocenters. The fourth-order valence-electron chi connectivity index (χ4n) is 0.474. The van der Waals surface area contributed by atoms with E-state index in [2.05, 4.69) is 0 Å². The Morgan fingerprint density at radius 2 is 2.08 bits per heavy atom. The molecule has 0 bridgehead atoms. The molecule has 0 fully saturated rings. The van der Waals surface area contributed by atoms with E-state index in [4.69, 9.17) is 10.8 Å². The number of hydrogen-bond acceptors (Lipinski definition) is 3. The number of carbonyl (C=O) groups is 1. The van der Waals surface area contributed by atoms with Crippen LogP contribution in [-0.4, -0.2) is 35.9 Å². The maximum atomic E-state index is 11.7. The molecule has 0 aliphatic rings. The number of nitrogens with one attached hydrogen (secondary N) is 1. The number of aliphatic hydroxyl groups excluding tert-OH is 1. The van der Waals surface area contributed by atoms with Gasteiger partial charge in [0.05, 0.1) is 12.6 Å². The first kappa shape index (κ1) is 12.2. The van der Waals surface area contributed by atoms with Crippen molar-refractivity contribution in [1.29, 1.82) is 0 Å². The van der Waals surface area contributed by atoms with Gasteiger partial charge in [-0.2, -0.15) is 13.2 Å². The Bertz CT molecular complexity index is 181. The molecular formula is C6H11F3N2O2. The van der Waals surface area contributed by atoms with Gasteiger partial charge in [0.2, 0.25) is 5.91 Å². The third kappa shape index (κ3) is 4.69. The number of halogens is 3. The van der Waals surface area contributed by atoms with Crippen LogP contribution in [0, 0.1) is 0 Å². The van der Waals surface area contributed by atoms with Gasteiger partial charge in [-0.15, -0.1) is 0 Å². The normalized spacial score (nSPS) is 16.5. The van der Waals surface area contributed by atoms with Gasteiger partial charge in [-0.1, -0.05) is 0 Å². The highest BCUT2D eigenvalue weighted by Gasteiger charge is 2.38. The third-order valence-electron chi connectivity index (χ3n) is 1.26. The molecule has 1 amide bonds. The van der Waals surface area contributed by atoms with Gasteiger partial charge < -0.3 is 16.2 Å². The Balaban J connectivity index is 3.84. The fraction of sp³-hybridized carbons (Fsp3) is 0.833. The van der Waals surface area contributed by atoms with Crippen molar-refractivity contribution in [1.82, 2.24) is 5.32 Å². The summed E-state index contributed by atoms with van der Waals surface area (Å²) in [6.45, 7) is 0.458. The number of nitrogens with two attached hydrogens (primary N) is 1. The largest absolute Gasteiger partial charge is 0.416 e. The van der Waals surface area contributed by atoms with E-state index in [0.717, 1.165) is 0 Å². The van der Waals surface area contributed by atoms with Crippen LogP contribution in [0.1, 0.15) is 6.92 Å². The van der Waals surface area contributed by atoms with E-state index in [0.29, 0.717) is 0 Å². The molecule has 4 nitrogen and oxygen atoms in total. The number of alkyl halides is 3. The monoisotopic (exact) mass is 200 g/mol. The minimum atomic E-state index is -4.72. The van der Waals surface area contributed by atoms with Gasteiger partial charge in [0.15, 0.2) is 6.10 Å². The smallest absolute Gasteiger partial charge is 0.382 e. The lowest BCUT2D eigenvalue weighted by molar-refractivity contribution is -0.201. The Kier molecular flexibility index (Phi) is 4.15. The minimum absolute atomic E-state index is 0.733. The van der Waals surface area contributed by atoms with Crippen LogP contribution in [0.5, 0.6) is 0 Å². The van der Waals surface area contributed by atoms with Gasteiger partial charge in [-0.3, -0.25) is 4.79 Å². The molecule has 0 spiro atoms. The van der Waals surface area contributed by atoms with E-state index >= 15 is 0 Å². The molecule has 0 aromatic carbocycles. The molecule has 4 N–H and O–H groups in total. The van der Waals surface area contributed by atoms with Gasteiger partial charge in [0.25, 0.3) is 0 Å². The van der Waals surface area contributed by atoms with E-state index in [1.165, 1.54) is 6.92 Å². The van der Waals surface area contributed by atoms with E-state index in [1.54, 1.807) is 0 Å². The van der Waals surface area contributed by atoms with Crippen LogP contribution in [-0.2, 0) is 4.79 Å². The summed E-state index contributed by atoms with van der Waals surface area (Å²) in [5.74, 6) is -0.733. The molecule has 0 aromatic rings. The summed E-state index contributed by atoms with van der Waals surface area (Å²) < 4.78 is 35.0. The number of amides is 1. The van der Waals surface area contributed by atoms with Crippen molar-refractivity contribution in [3.8, 4) is 0 Å². The molecule has 13 heavy (non-hydrogen) atoms. The lowest BCUT2D eigenvalue weighted by Gasteiger charge is -2.15. The second kappa shape index (κ2) is 4.43. The first-order chi connectivity index (χ1) is 5.75. The first-order valence-electron chi connectivity index (χ1n) is 3.53. The zero-order chi connectivity index (χ0) is 10.6. The van der Waals surface area contributed by atoms with Crippen molar-refractivity contribution in [3.63, 3.8) is 0 Å². The number of carbonyl (C=O) groups excluding carboxylic acids is 1. The van der Waals surface area contributed by atoms with Crippen LogP contribution in [0.3, 0.4) is 0 Å². The van der Waals surface area contributed by atoms with Crippen LogP contribution in [0.25, 0.3) is 0 Å². The van der Waals surface area contributed by atoms with Gasteiger partial charge in [-0.05, 0) is 6.92 Å². The lowest BCUT2D eigenvalue weighted by Crippen LogP contribution is -2.45.